The molecule has 106 valence electrons. The molecule has 1 aromatic rings. The molecule has 0 radical (unpaired) electrons. The van der Waals surface area contributed by atoms with Crippen molar-refractivity contribution in [1.82, 2.24) is 5.32 Å². The Kier molecular flexibility index (Phi) is 4.95. The molecular formula is C15H23NO3. The second-order valence-corrected chi connectivity index (χ2v) is 5.38. The second-order valence-electron chi connectivity index (χ2n) is 5.38. The molecule has 0 aliphatic carbocycles. The average Bonchev–Trinajstić information content (AvgIpc) is 2.36. The minimum Gasteiger partial charge on any atom is -0.496 e. The van der Waals surface area contributed by atoms with Gasteiger partial charge in [-0.25, -0.2) is 0 Å². The third-order valence-electron chi connectivity index (χ3n) is 3.52. The van der Waals surface area contributed by atoms with E-state index in [4.69, 9.17) is 4.74 Å². The smallest absolute Gasteiger partial charge is 0.251 e. The molecule has 0 heterocycles. The number of methoxy groups -OCH3 is 1. The van der Waals surface area contributed by atoms with Crippen LogP contribution in [0, 0.1) is 12.8 Å². The Labute approximate surface area is 114 Å². The fourth-order valence-electron chi connectivity index (χ4n) is 1.53. The Morgan fingerprint density at radius 1 is 1.47 bits per heavy atom. The van der Waals surface area contributed by atoms with Crippen LogP contribution in [0.15, 0.2) is 18.2 Å². The molecule has 1 rings (SSSR count). The molecule has 0 bridgehead atoms. The van der Waals surface area contributed by atoms with E-state index in [1.54, 1.807) is 26.2 Å². The van der Waals surface area contributed by atoms with E-state index in [1.165, 1.54) is 0 Å². The van der Waals surface area contributed by atoms with Gasteiger partial charge in [-0.05, 0) is 37.5 Å². The van der Waals surface area contributed by atoms with Gasteiger partial charge in [-0.3, -0.25) is 4.79 Å². The van der Waals surface area contributed by atoms with Gasteiger partial charge in [-0.15, -0.1) is 0 Å². The third-order valence-corrected chi connectivity index (χ3v) is 3.52. The van der Waals surface area contributed by atoms with Gasteiger partial charge in [0.2, 0.25) is 0 Å². The van der Waals surface area contributed by atoms with Crippen LogP contribution >= 0.6 is 0 Å². The number of benzene rings is 1. The lowest BCUT2D eigenvalue weighted by Crippen LogP contribution is -2.44. The van der Waals surface area contributed by atoms with Crippen LogP contribution in [-0.4, -0.2) is 30.3 Å². The summed E-state index contributed by atoms with van der Waals surface area (Å²) < 4.78 is 5.19. The maximum atomic E-state index is 12.0. The van der Waals surface area contributed by atoms with Crippen molar-refractivity contribution in [3.63, 3.8) is 0 Å². The molecule has 0 aliphatic rings. The van der Waals surface area contributed by atoms with Crippen LogP contribution < -0.4 is 10.1 Å². The Bertz CT molecular complexity index is 453. The van der Waals surface area contributed by atoms with Crippen LogP contribution in [0.5, 0.6) is 5.75 Å². The summed E-state index contributed by atoms with van der Waals surface area (Å²) in [6.07, 6.45) is 0. The van der Waals surface area contributed by atoms with Crippen LogP contribution in [0.4, 0.5) is 0 Å². The van der Waals surface area contributed by atoms with Crippen LogP contribution in [0.1, 0.15) is 36.7 Å². The van der Waals surface area contributed by atoms with E-state index in [-0.39, 0.29) is 18.4 Å². The quantitative estimate of drug-likeness (QED) is 0.857. The standard InChI is InChI=1S/C15H23NO3/c1-10(2)15(4,18)9-16-14(17)12-7-6-11(3)13(8-12)19-5/h6-8,10,18H,9H2,1-5H3,(H,16,17). The molecule has 0 saturated carbocycles. The fraction of sp³-hybridized carbons (Fsp3) is 0.533. The van der Waals surface area contributed by atoms with Crippen LogP contribution in [0.3, 0.4) is 0 Å². The maximum absolute atomic E-state index is 12.0. The molecule has 4 nitrogen and oxygen atoms in total. The molecule has 0 aliphatic heterocycles. The van der Waals surface area contributed by atoms with Crippen molar-refractivity contribution in [1.29, 1.82) is 0 Å². The molecule has 0 saturated heterocycles. The highest BCUT2D eigenvalue weighted by Crippen LogP contribution is 2.19. The third kappa shape index (κ3) is 3.96. The summed E-state index contributed by atoms with van der Waals surface area (Å²) in [5.41, 5.74) is 0.597. The summed E-state index contributed by atoms with van der Waals surface area (Å²) in [7, 11) is 1.58. The molecule has 1 unspecified atom stereocenters. The Hall–Kier alpha value is -1.55. The summed E-state index contributed by atoms with van der Waals surface area (Å²) >= 11 is 0. The first-order chi connectivity index (χ1) is 8.77. The van der Waals surface area contributed by atoms with Gasteiger partial charge < -0.3 is 15.2 Å². The van der Waals surface area contributed by atoms with Crippen molar-refractivity contribution < 1.29 is 14.6 Å². The maximum Gasteiger partial charge on any atom is 0.251 e. The lowest BCUT2D eigenvalue weighted by Gasteiger charge is -2.27. The van der Waals surface area contributed by atoms with Crippen molar-refractivity contribution in [3.05, 3.63) is 29.3 Å². The molecule has 0 spiro atoms. The zero-order valence-electron chi connectivity index (χ0n) is 12.3. The van der Waals surface area contributed by atoms with Crippen molar-refractivity contribution in [2.24, 2.45) is 5.92 Å². The Balaban J connectivity index is 2.74. The number of aliphatic hydroxyl groups is 1. The summed E-state index contributed by atoms with van der Waals surface area (Å²) in [6.45, 7) is 7.69. The van der Waals surface area contributed by atoms with Gasteiger partial charge in [-0.1, -0.05) is 19.9 Å². The van der Waals surface area contributed by atoms with Crippen molar-refractivity contribution in [3.8, 4) is 5.75 Å². The van der Waals surface area contributed by atoms with E-state index in [2.05, 4.69) is 5.32 Å². The minimum absolute atomic E-state index is 0.0698. The highest BCUT2D eigenvalue weighted by Gasteiger charge is 2.25. The van der Waals surface area contributed by atoms with Crippen molar-refractivity contribution in [2.45, 2.75) is 33.3 Å². The lowest BCUT2D eigenvalue weighted by atomic mass is 9.92. The zero-order chi connectivity index (χ0) is 14.6. The summed E-state index contributed by atoms with van der Waals surface area (Å²) in [5, 5.41) is 12.8. The highest BCUT2D eigenvalue weighted by molar-refractivity contribution is 5.94. The highest BCUT2D eigenvalue weighted by atomic mass is 16.5. The topological polar surface area (TPSA) is 58.6 Å². The van der Waals surface area contributed by atoms with E-state index in [0.29, 0.717) is 11.3 Å². The van der Waals surface area contributed by atoms with Gasteiger partial charge >= 0.3 is 0 Å². The number of hydrogen-bond donors (Lipinski definition) is 2. The normalized spacial score (nSPS) is 14.1. The number of nitrogens with one attached hydrogen (secondary N) is 1. The van der Waals surface area contributed by atoms with Gasteiger partial charge in [0.1, 0.15) is 5.75 Å². The monoisotopic (exact) mass is 265 g/mol. The first kappa shape index (κ1) is 15.5. The van der Waals surface area contributed by atoms with E-state index in [0.717, 1.165) is 5.56 Å². The first-order valence-corrected chi connectivity index (χ1v) is 6.43. The van der Waals surface area contributed by atoms with Gasteiger partial charge in [0, 0.05) is 12.1 Å². The van der Waals surface area contributed by atoms with Crippen LogP contribution in [0.2, 0.25) is 0 Å². The molecule has 1 amide bonds. The number of hydrogen-bond acceptors (Lipinski definition) is 3. The first-order valence-electron chi connectivity index (χ1n) is 6.43. The molecular weight excluding hydrogens is 242 g/mol. The number of amides is 1. The van der Waals surface area contributed by atoms with Gasteiger partial charge in [0.15, 0.2) is 0 Å². The zero-order valence-corrected chi connectivity index (χ0v) is 12.3. The fourth-order valence-corrected chi connectivity index (χ4v) is 1.53. The molecule has 2 N–H and O–H groups in total. The summed E-state index contributed by atoms with van der Waals surface area (Å²) in [6, 6.07) is 5.29. The molecule has 4 heteroatoms. The number of rotatable bonds is 5. The van der Waals surface area contributed by atoms with E-state index < -0.39 is 5.60 Å². The molecule has 0 fully saturated rings. The molecule has 1 aromatic carbocycles. The van der Waals surface area contributed by atoms with E-state index in [1.807, 2.05) is 26.8 Å². The van der Waals surface area contributed by atoms with E-state index >= 15 is 0 Å². The number of carbonyl (C=O) groups is 1. The largest absolute Gasteiger partial charge is 0.496 e. The van der Waals surface area contributed by atoms with Gasteiger partial charge in [0.25, 0.3) is 5.91 Å². The SMILES string of the molecule is COc1cc(C(=O)NCC(C)(O)C(C)C)ccc1C. The molecule has 19 heavy (non-hydrogen) atoms. The Morgan fingerprint density at radius 3 is 2.63 bits per heavy atom. The predicted octanol–water partition coefficient (Wildman–Crippen LogP) is 2.14. The van der Waals surface area contributed by atoms with Crippen molar-refractivity contribution >= 4 is 5.91 Å². The number of carbonyl (C=O) groups excluding carboxylic acids is 1. The molecule has 1 atom stereocenters. The Morgan fingerprint density at radius 2 is 2.11 bits per heavy atom. The molecule has 0 aromatic heterocycles. The minimum atomic E-state index is -0.912. The van der Waals surface area contributed by atoms with Crippen molar-refractivity contribution in [2.75, 3.05) is 13.7 Å². The lowest BCUT2D eigenvalue weighted by molar-refractivity contribution is 0.0142. The average molecular weight is 265 g/mol. The number of aryl methyl sites for hydroxylation is 1. The van der Waals surface area contributed by atoms with Gasteiger partial charge in [-0.2, -0.15) is 0 Å². The van der Waals surface area contributed by atoms with E-state index in [9.17, 15) is 9.90 Å². The summed E-state index contributed by atoms with van der Waals surface area (Å²) in [4.78, 5) is 12.0. The summed E-state index contributed by atoms with van der Waals surface area (Å²) in [5.74, 6) is 0.544. The van der Waals surface area contributed by atoms with Crippen LogP contribution in [-0.2, 0) is 0 Å². The van der Waals surface area contributed by atoms with Crippen LogP contribution in [0.25, 0.3) is 0 Å². The van der Waals surface area contributed by atoms with Gasteiger partial charge in [0.05, 0.1) is 12.7 Å². The second kappa shape index (κ2) is 6.06. The predicted molar refractivity (Wildman–Crippen MR) is 75.5 cm³/mol. The number of ether oxygens (including phenoxy) is 1.